The van der Waals surface area contributed by atoms with Crippen LogP contribution in [0, 0.1) is 0 Å². The Bertz CT molecular complexity index is 210. The monoisotopic (exact) mass is 385 g/mol. The van der Waals surface area contributed by atoms with E-state index in [2.05, 4.69) is 24.3 Å². The molecule has 1 radical (unpaired) electrons. The van der Waals surface area contributed by atoms with Gasteiger partial charge in [0.25, 0.3) is 0 Å². The maximum Gasteiger partial charge on any atom is 2.00 e. The predicted octanol–water partition coefficient (Wildman–Crippen LogP) is 5.27. The van der Waals surface area contributed by atoms with Gasteiger partial charge in [0.05, 0.1) is 0 Å². The Labute approximate surface area is 119 Å². The molecular weight excluding hydrogens is 373 g/mol. The van der Waals surface area contributed by atoms with Crippen molar-refractivity contribution < 1.29 is 54.0 Å². The van der Waals surface area contributed by atoms with Crippen LogP contribution in [0.5, 0.6) is 0 Å². The summed E-state index contributed by atoms with van der Waals surface area (Å²) in [5.41, 5.74) is 0. The minimum absolute atomic E-state index is 0. The van der Waals surface area contributed by atoms with E-state index < -0.39 is 14.5 Å². The van der Waals surface area contributed by atoms with Crippen molar-refractivity contribution in [1.82, 2.24) is 0 Å². The largest absolute Gasteiger partial charge is 2.00 e. The molecule has 1 aliphatic rings. The van der Waals surface area contributed by atoms with Crippen molar-refractivity contribution >= 4 is 14.5 Å². The summed E-state index contributed by atoms with van der Waals surface area (Å²) in [7, 11) is -12.0. The maximum atomic E-state index is 9.75. The van der Waals surface area contributed by atoms with Crippen LogP contribution in [-0.2, 0) is 19.5 Å². The van der Waals surface area contributed by atoms with Crippen molar-refractivity contribution in [1.29, 1.82) is 0 Å². The first-order valence-electron chi connectivity index (χ1n) is 5.06. The standard InChI is InChI=1S/C8H12.2BF4.Rh/c1-2-4-6-8-7-5-3-1;2*2-1(3,4)5;/h1-4H,5-8H2;;;/q;2*-1;+2. The molecule has 0 amide bonds. The van der Waals surface area contributed by atoms with Gasteiger partial charge in [-0.1, -0.05) is 24.3 Å². The summed E-state index contributed by atoms with van der Waals surface area (Å²) in [5.74, 6) is 0. The molecular formula is C8H12B2F8Rh. The smallest absolute Gasteiger partial charge is 0.418 e. The third-order valence-electron chi connectivity index (χ3n) is 1.37. The summed E-state index contributed by atoms with van der Waals surface area (Å²) in [6.07, 6.45) is 14.0. The van der Waals surface area contributed by atoms with Crippen LogP contribution in [0.25, 0.3) is 0 Å². The molecule has 0 aromatic heterocycles. The second-order valence-electron chi connectivity index (χ2n) is 3.13. The minimum Gasteiger partial charge on any atom is -0.418 e. The van der Waals surface area contributed by atoms with Gasteiger partial charge in [0.15, 0.2) is 0 Å². The third kappa shape index (κ3) is 73.7. The van der Waals surface area contributed by atoms with Crippen molar-refractivity contribution in [3.05, 3.63) is 24.3 Å². The second kappa shape index (κ2) is 12.7. The van der Waals surface area contributed by atoms with Gasteiger partial charge in [-0.05, 0) is 25.7 Å². The van der Waals surface area contributed by atoms with E-state index in [1.165, 1.54) is 25.7 Å². The molecule has 115 valence electrons. The molecule has 1 aliphatic carbocycles. The molecule has 0 saturated heterocycles. The molecule has 0 heterocycles. The normalized spacial score (nSPS) is 14.7. The Hall–Kier alpha value is -0.327. The van der Waals surface area contributed by atoms with E-state index in [4.69, 9.17) is 0 Å². The van der Waals surface area contributed by atoms with Crippen LogP contribution >= 0.6 is 0 Å². The molecule has 19 heavy (non-hydrogen) atoms. The van der Waals surface area contributed by atoms with Gasteiger partial charge in [0, 0.05) is 0 Å². The van der Waals surface area contributed by atoms with E-state index in [1.54, 1.807) is 0 Å². The van der Waals surface area contributed by atoms with Gasteiger partial charge < -0.3 is 34.5 Å². The topological polar surface area (TPSA) is 0 Å². The molecule has 0 saturated carbocycles. The fourth-order valence-electron chi connectivity index (χ4n) is 0.874. The third-order valence-corrected chi connectivity index (χ3v) is 1.37. The van der Waals surface area contributed by atoms with Gasteiger partial charge in [-0.15, -0.1) is 0 Å². The molecule has 0 aromatic rings. The quantitative estimate of drug-likeness (QED) is 0.394. The number of allylic oxidation sites excluding steroid dienone is 4. The van der Waals surface area contributed by atoms with Crippen LogP contribution in [0.4, 0.5) is 34.5 Å². The van der Waals surface area contributed by atoms with E-state index >= 15 is 0 Å². The number of rotatable bonds is 0. The fourth-order valence-corrected chi connectivity index (χ4v) is 0.874. The predicted molar refractivity (Wildman–Crippen MR) is 57.1 cm³/mol. The van der Waals surface area contributed by atoms with Gasteiger partial charge in [0.2, 0.25) is 0 Å². The summed E-state index contributed by atoms with van der Waals surface area (Å²) < 4.78 is 78.0. The van der Waals surface area contributed by atoms with Crippen molar-refractivity contribution in [2.45, 2.75) is 25.7 Å². The first-order chi connectivity index (χ1) is 8.00. The zero-order valence-electron chi connectivity index (χ0n) is 9.65. The molecule has 0 atom stereocenters. The average Bonchev–Trinajstić information content (AvgIpc) is 1.93. The maximum absolute atomic E-state index is 9.75. The molecule has 0 N–H and O–H groups in total. The second-order valence-corrected chi connectivity index (χ2v) is 3.13. The van der Waals surface area contributed by atoms with Gasteiger partial charge in [0.1, 0.15) is 0 Å². The Morgan fingerprint density at radius 2 is 0.789 bits per heavy atom. The van der Waals surface area contributed by atoms with E-state index in [9.17, 15) is 34.5 Å². The Kier molecular flexibility index (Phi) is 15.9. The van der Waals surface area contributed by atoms with Gasteiger partial charge in [-0.2, -0.15) is 0 Å². The zero-order valence-corrected chi connectivity index (χ0v) is 11.3. The summed E-state index contributed by atoms with van der Waals surface area (Å²) in [4.78, 5) is 0. The van der Waals surface area contributed by atoms with Gasteiger partial charge >= 0.3 is 34.0 Å². The molecule has 0 aliphatic heterocycles. The van der Waals surface area contributed by atoms with Crippen LogP contribution < -0.4 is 0 Å². The SMILES string of the molecule is C1=CCCCCC=C1.F[B-](F)(F)F.F[B-](F)(F)F.[Rh+2]. The number of hydrogen-bond donors (Lipinski definition) is 0. The number of halogens is 8. The Balaban J connectivity index is -0.000000208. The molecule has 0 spiro atoms. The summed E-state index contributed by atoms with van der Waals surface area (Å²) in [5, 5.41) is 0. The molecule has 0 aromatic carbocycles. The summed E-state index contributed by atoms with van der Waals surface area (Å²) in [6, 6.07) is 0. The molecule has 0 nitrogen and oxygen atoms in total. The summed E-state index contributed by atoms with van der Waals surface area (Å²) in [6.45, 7) is 0. The molecule has 1 rings (SSSR count). The average molecular weight is 385 g/mol. The fraction of sp³-hybridized carbons (Fsp3) is 0.500. The first-order valence-corrected chi connectivity index (χ1v) is 5.06. The zero-order chi connectivity index (χ0) is 14.7. The van der Waals surface area contributed by atoms with Gasteiger partial charge in [-0.25, -0.2) is 0 Å². The van der Waals surface area contributed by atoms with E-state index in [-0.39, 0.29) is 19.5 Å². The van der Waals surface area contributed by atoms with Crippen LogP contribution in [0.1, 0.15) is 25.7 Å². The van der Waals surface area contributed by atoms with Crippen LogP contribution in [0.15, 0.2) is 24.3 Å². The molecule has 0 unspecified atom stereocenters. The van der Waals surface area contributed by atoms with Crippen LogP contribution in [-0.4, -0.2) is 14.5 Å². The Morgan fingerprint density at radius 1 is 0.579 bits per heavy atom. The molecule has 11 heteroatoms. The first kappa shape index (κ1) is 23.7. The molecule has 0 fully saturated rings. The van der Waals surface area contributed by atoms with Crippen molar-refractivity contribution in [3.63, 3.8) is 0 Å². The van der Waals surface area contributed by atoms with Crippen molar-refractivity contribution in [2.75, 3.05) is 0 Å². The minimum atomic E-state index is -6.00. The Morgan fingerprint density at radius 3 is 1.00 bits per heavy atom. The van der Waals surface area contributed by atoms with E-state index in [0.717, 1.165) is 0 Å². The van der Waals surface area contributed by atoms with E-state index in [1.807, 2.05) is 0 Å². The van der Waals surface area contributed by atoms with Crippen molar-refractivity contribution in [2.24, 2.45) is 0 Å². The number of hydrogen-bond acceptors (Lipinski definition) is 0. The van der Waals surface area contributed by atoms with Crippen LogP contribution in [0.3, 0.4) is 0 Å². The van der Waals surface area contributed by atoms with E-state index in [0.29, 0.717) is 0 Å². The van der Waals surface area contributed by atoms with Crippen LogP contribution in [0.2, 0.25) is 0 Å². The summed E-state index contributed by atoms with van der Waals surface area (Å²) >= 11 is 0. The van der Waals surface area contributed by atoms with Crippen molar-refractivity contribution in [3.8, 4) is 0 Å². The van der Waals surface area contributed by atoms with Gasteiger partial charge in [-0.3, -0.25) is 0 Å². The molecule has 0 bridgehead atoms.